The summed E-state index contributed by atoms with van der Waals surface area (Å²) >= 11 is 7.75. The van der Waals surface area contributed by atoms with E-state index in [0.29, 0.717) is 6.54 Å². The fourth-order valence-electron chi connectivity index (χ4n) is 2.22. The van der Waals surface area contributed by atoms with Gasteiger partial charge in [-0.05, 0) is 31.5 Å². The molecular weight excluding hydrogens is 278 g/mol. The van der Waals surface area contributed by atoms with Gasteiger partial charge in [-0.3, -0.25) is 4.40 Å². The Kier molecular flexibility index (Phi) is 3.09. The molecule has 0 unspecified atom stereocenters. The zero-order valence-corrected chi connectivity index (χ0v) is 12.3. The maximum absolute atomic E-state index is 6.07. The largest absolute Gasteiger partial charge is 0.325 e. The number of aromatic nitrogens is 2. The molecule has 0 aliphatic rings. The summed E-state index contributed by atoms with van der Waals surface area (Å²) in [6.07, 6.45) is 2.08. The molecule has 3 rings (SSSR count). The topological polar surface area (TPSA) is 43.3 Å². The van der Waals surface area contributed by atoms with Crippen molar-refractivity contribution in [1.29, 1.82) is 0 Å². The van der Waals surface area contributed by atoms with Crippen LogP contribution in [0.3, 0.4) is 0 Å². The molecule has 19 heavy (non-hydrogen) atoms. The molecule has 0 aliphatic carbocycles. The Labute approximate surface area is 120 Å². The molecule has 2 N–H and O–H groups in total. The first-order valence-electron chi connectivity index (χ1n) is 6.04. The summed E-state index contributed by atoms with van der Waals surface area (Å²) in [5.41, 5.74) is 10.0. The SMILES string of the molecule is Cc1cn2c(CN)c(-c3ccc(Cl)c(C)c3)nc2s1. The van der Waals surface area contributed by atoms with Crippen LogP contribution < -0.4 is 5.73 Å². The fourth-order valence-corrected chi connectivity index (χ4v) is 3.18. The molecule has 0 amide bonds. The van der Waals surface area contributed by atoms with Crippen molar-refractivity contribution in [2.45, 2.75) is 20.4 Å². The van der Waals surface area contributed by atoms with Crippen molar-refractivity contribution in [1.82, 2.24) is 9.38 Å². The molecule has 0 fully saturated rings. The van der Waals surface area contributed by atoms with Crippen LogP contribution in [0.1, 0.15) is 16.1 Å². The number of nitrogens with two attached hydrogens (primary N) is 1. The van der Waals surface area contributed by atoms with Crippen LogP contribution in [0.15, 0.2) is 24.4 Å². The van der Waals surface area contributed by atoms with E-state index in [0.717, 1.165) is 32.5 Å². The highest BCUT2D eigenvalue weighted by atomic mass is 35.5. The Bertz CT molecular complexity index is 757. The number of rotatable bonds is 2. The Morgan fingerprint density at radius 1 is 1.37 bits per heavy atom. The third-order valence-corrected chi connectivity index (χ3v) is 4.49. The molecule has 0 saturated heterocycles. The van der Waals surface area contributed by atoms with Crippen LogP contribution in [0.25, 0.3) is 16.2 Å². The zero-order valence-electron chi connectivity index (χ0n) is 10.8. The molecule has 0 radical (unpaired) electrons. The molecule has 0 saturated carbocycles. The van der Waals surface area contributed by atoms with E-state index in [9.17, 15) is 0 Å². The minimum atomic E-state index is 0.467. The summed E-state index contributed by atoms with van der Waals surface area (Å²) < 4.78 is 2.08. The second kappa shape index (κ2) is 4.63. The number of nitrogens with zero attached hydrogens (tertiary/aromatic N) is 2. The highest BCUT2D eigenvalue weighted by Crippen LogP contribution is 2.30. The van der Waals surface area contributed by atoms with Crippen molar-refractivity contribution in [2.24, 2.45) is 5.73 Å². The van der Waals surface area contributed by atoms with Crippen LogP contribution in [0.5, 0.6) is 0 Å². The van der Waals surface area contributed by atoms with E-state index >= 15 is 0 Å². The van der Waals surface area contributed by atoms with Gasteiger partial charge < -0.3 is 5.73 Å². The van der Waals surface area contributed by atoms with Gasteiger partial charge in [0.25, 0.3) is 0 Å². The average molecular weight is 292 g/mol. The van der Waals surface area contributed by atoms with Crippen molar-refractivity contribution in [2.75, 3.05) is 0 Å². The van der Waals surface area contributed by atoms with Crippen LogP contribution in [0.2, 0.25) is 5.02 Å². The Morgan fingerprint density at radius 2 is 2.16 bits per heavy atom. The smallest absolute Gasteiger partial charge is 0.194 e. The Balaban J connectivity index is 2.23. The Morgan fingerprint density at radius 3 is 2.84 bits per heavy atom. The lowest BCUT2D eigenvalue weighted by Gasteiger charge is -2.04. The molecule has 2 heterocycles. The predicted molar refractivity (Wildman–Crippen MR) is 80.9 cm³/mol. The van der Waals surface area contributed by atoms with Gasteiger partial charge in [0, 0.05) is 28.2 Å². The van der Waals surface area contributed by atoms with Crippen LogP contribution in [-0.4, -0.2) is 9.38 Å². The first kappa shape index (κ1) is 12.7. The lowest BCUT2D eigenvalue weighted by Crippen LogP contribution is -2.01. The minimum Gasteiger partial charge on any atom is -0.325 e. The maximum Gasteiger partial charge on any atom is 0.194 e. The quantitative estimate of drug-likeness (QED) is 0.780. The van der Waals surface area contributed by atoms with Gasteiger partial charge in [0.2, 0.25) is 0 Å². The standard InChI is InChI=1S/C14H14ClN3S/c1-8-5-10(3-4-11(8)15)13-12(6-16)18-7-9(2)19-14(18)17-13/h3-5,7H,6,16H2,1-2H3. The van der Waals surface area contributed by atoms with Gasteiger partial charge in [0.1, 0.15) is 0 Å². The van der Waals surface area contributed by atoms with Gasteiger partial charge in [-0.1, -0.05) is 17.7 Å². The lowest BCUT2D eigenvalue weighted by molar-refractivity contribution is 0.967. The predicted octanol–water partition coefficient (Wildman–Crippen LogP) is 3.79. The third-order valence-electron chi connectivity index (χ3n) is 3.17. The van der Waals surface area contributed by atoms with E-state index in [1.54, 1.807) is 11.3 Å². The number of imidazole rings is 1. The first-order chi connectivity index (χ1) is 9.10. The molecule has 0 spiro atoms. The average Bonchev–Trinajstić information content (AvgIpc) is 2.88. The first-order valence-corrected chi connectivity index (χ1v) is 7.23. The molecule has 1 aromatic carbocycles. The van der Waals surface area contributed by atoms with Crippen molar-refractivity contribution < 1.29 is 0 Å². The van der Waals surface area contributed by atoms with E-state index in [1.807, 2.05) is 19.1 Å². The van der Waals surface area contributed by atoms with E-state index in [2.05, 4.69) is 23.6 Å². The van der Waals surface area contributed by atoms with Crippen LogP contribution in [-0.2, 0) is 6.54 Å². The second-order valence-corrected chi connectivity index (χ2v) is 6.19. The fraction of sp³-hybridized carbons (Fsp3) is 0.214. The van der Waals surface area contributed by atoms with Gasteiger partial charge in [-0.15, -0.1) is 11.3 Å². The molecule has 0 atom stereocenters. The molecule has 3 nitrogen and oxygen atoms in total. The van der Waals surface area contributed by atoms with Crippen molar-refractivity contribution in [3.8, 4) is 11.3 Å². The number of aryl methyl sites for hydroxylation is 2. The molecular formula is C14H14ClN3S. The number of hydrogen-bond acceptors (Lipinski definition) is 3. The van der Waals surface area contributed by atoms with Crippen LogP contribution >= 0.6 is 22.9 Å². The number of halogens is 1. The van der Waals surface area contributed by atoms with Gasteiger partial charge in [0.05, 0.1) is 11.4 Å². The normalized spacial score (nSPS) is 11.4. The summed E-state index contributed by atoms with van der Waals surface area (Å²) in [7, 11) is 0. The molecule has 3 aromatic rings. The van der Waals surface area contributed by atoms with Gasteiger partial charge in [-0.25, -0.2) is 4.98 Å². The molecule has 2 aromatic heterocycles. The van der Waals surface area contributed by atoms with Gasteiger partial charge in [0.15, 0.2) is 4.96 Å². The van der Waals surface area contributed by atoms with Gasteiger partial charge in [-0.2, -0.15) is 0 Å². The summed E-state index contributed by atoms with van der Waals surface area (Å²) in [4.78, 5) is 6.92. The number of thiazole rings is 1. The molecule has 0 bridgehead atoms. The summed E-state index contributed by atoms with van der Waals surface area (Å²) in [5.74, 6) is 0. The molecule has 98 valence electrons. The highest BCUT2D eigenvalue weighted by molar-refractivity contribution is 7.17. The van der Waals surface area contributed by atoms with Crippen LogP contribution in [0, 0.1) is 13.8 Å². The highest BCUT2D eigenvalue weighted by Gasteiger charge is 2.15. The van der Waals surface area contributed by atoms with Crippen molar-refractivity contribution in [3.05, 3.63) is 45.6 Å². The second-order valence-electron chi connectivity index (χ2n) is 4.57. The van der Waals surface area contributed by atoms with E-state index in [4.69, 9.17) is 22.3 Å². The maximum atomic E-state index is 6.07. The third kappa shape index (κ3) is 2.06. The molecule has 5 heteroatoms. The lowest BCUT2D eigenvalue weighted by atomic mass is 10.1. The summed E-state index contributed by atoms with van der Waals surface area (Å²) in [6, 6.07) is 5.96. The minimum absolute atomic E-state index is 0.467. The van der Waals surface area contributed by atoms with E-state index < -0.39 is 0 Å². The zero-order chi connectivity index (χ0) is 13.6. The Hall–Kier alpha value is -1.36. The van der Waals surface area contributed by atoms with Crippen LogP contribution in [0.4, 0.5) is 0 Å². The van der Waals surface area contributed by atoms with Crippen molar-refractivity contribution >= 4 is 27.9 Å². The molecule has 0 aliphatic heterocycles. The number of benzene rings is 1. The summed E-state index contributed by atoms with van der Waals surface area (Å²) in [5, 5.41) is 0.773. The number of hydrogen-bond donors (Lipinski definition) is 1. The summed E-state index contributed by atoms with van der Waals surface area (Å²) in [6.45, 7) is 4.54. The monoisotopic (exact) mass is 291 g/mol. The van der Waals surface area contributed by atoms with E-state index in [-0.39, 0.29) is 0 Å². The van der Waals surface area contributed by atoms with Crippen molar-refractivity contribution in [3.63, 3.8) is 0 Å². The van der Waals surface area contributed by atoms with E-state index in [1.165, 1.54) is 4.88 Å². The number of fused-ring (bicyclic) bond motifs is 1. The van der Waals surface area contributed by atoms with Gasteiger partial charge >= 0.3 is 0 Å².